The van der Waals surface area contributed by atoms with Crippen molar-refractivity contribution >= 4 is 10.9 Å². The molecule has 2 aromatic carbocycles. The van der Waals surface area contributed by atoms with Crippen molar-refractivity contribution in [2.24, 2.45) is 12.0 Å². The van der Waals surface area contributed by atoms with Gasteiger partial charge in [0.25, 0.3) is 0 Å². The summed E-state index contributed by atoms with van der Waals surface area (Å²) in [6, 6.07) is 22.9. The Kier molecular flexibility index (Phi) is 3.15. The lowest BCUT2D eigenvalue weighted by atomic mass is 10.2. The van der Waals surface area contributed by atoms with E-state index in [1.165, 1.54) is 16.5 Å². The summed E-state index contributed by atoms with van der Waals surface area (Å²) in [5.41, 5.74) is 3.44. The van der Waals surface area contributed by atoms with Crippen molar-refractivity contribution in [3.8, 4) is 0 Å². The Morgan fingerprint density at radius 2 is 1.58 bits per heavy atom. The summed E-state index contributed by atoms with van der Waals surface area (Å²) in [5.74, 6) is 0. The normalized spacial score (nSPS) is 11.9. The average molecular weight is 248 g/mol. The van der Waals surface area contributed by atoms with Crippen molar-refractivity contribution < 1.29 is 0 Å². The Labute approximate surface area is 112 Å². The van der Waals surface area contributed by atoms with E-state index in [0.29, 0.717) is 6.54 Å². The predicted octanol–water partition coefficient (Wildman–Crippen LogP) is 3.28. The zero-order valence-electron chi connectivity index (χ0n) is 11.0. The minimum absolute atomic E-state index is 0.715. The number of aromatic nitrogens is 1. The Bertz CT molecular complexity index is 755. The lowest BCUT2D eigenvalue weighted by molar-refractivity contribution is 0.834. The van der Waals surface area contributed by atoms with Crippen molar-refractivity contribution in [3.63, 3.8) is 0 Å². The highest BCUT2D eigenvalue weighted by Gasteiger charge is 1.96. The van der Waals surface area contributed by atoms with E-state index in [4.69, 9.17) is 0 Å². The maximum atomic E-state index is 4.69. The molecule has 94 valence electrons. The van der Waals surface area contributed by atoms with Gasteiger partial charge in [-0.1, -0.05) is 48.5 Å². The van der Waals surface area contributed by atoms with Crippen LogP contribution in [0.1, 0.15) is 5.56 Å². The molecule has 0 unspecified atom stereocenters. The molecule has 1 aromatic heterocycles. The number of pyridine rings is 1. The van der Waals surface area contributed by atoms with E-state index >= 15 is 0 Å². The quantitative estimate of drug-likeness (QED) is 0.662. The van der Waals surface area contributed by atoms with Crippen molar-refractivity contribution in [1.82, 2.24) is 4.57 Å². The maximum absolute atomic E-state index is 4.69. The molecule has 2 nitrogen and oxygen atoms in total. The molecule has 0 aliphatic rings. The fraction of sp³-hybridized carbons (Fsp3) is 0.118. The molecule has 19 heavy (non-hydrogen) atoms. The zero-order valence-corrected chi connectivity index (χ0v) is 11.0. The van der Waals surface area contributed by atoms with Gasteiger partial charge in [-0.3, -0.25) is 4.99 Å². The number of fused-ring (bicyclic) bond motifs is 1. The molecule has 0 aliphatic heterocycles. The fourth-order valence-electron chi connectivity index (χ4n) is 2.25. The maximum Gasteiger partial charge on any atom is 0.128 e. The van der Waals surface area contributed by atoms with Gasteiger partial charge in [-0.25, -0.2) is 0 Å². The van der Waals surface area contributed by atoms with Crippen molar-refractivity contribution in [2.75, 3.05) is 0 Å². The molecule has 0 amide bonds. The average Bonchev–Trinajstić information content (AvgIpc) is 2.48. The monoisotopic (exact) mass is 248 g/mol. The van der Waals surface area contributed by atoms with E-state index in [1.54, 1.807) is 0 Å². The third-order valence-electron chi connectivity index (χ3n) is 3.32. The summed E-state index contributed by atoms with van der Waals surface area (Å²) in [5, 5.41) is 1.24. The van der Waals surface area contributed by atoms with Gasteiger partial charge in [0.1, 0.15) is 5.49 Å². The van der Waals surface area contributed by atoms with Crippen LogP contribution >= 0.6 is 0 Å². The molecule has 0 N–H and O–H groups in total. The first kappa shape index (κ1) is 11.7. The molecule has 0 fully saturated rings. The van der Waals surface area contributed by atoms with E-state index in [2.05, 4.69) is 65.1 Å². The summed E-state index contributed by atoms with van der Waals surface area (Å²) >= 11 is 0. The molecular weight excluding hydrogens is 232 g/mol. The molecule has 0 bridgehead atoms. The van der Waals surface area contributed by atoms with Gasteiger partial charge in [0.05, 0.1) is 6.54 Å². The van der Waals surface area contributed by atoms with E-state index in [0.717, 1.165) is 5.49 Å². The van der Waals surface area contributed by atoms with E-state index < -0.39 is 0 Å². The Morgan fingerprint density at radius 3 is 2.42 bits per heavy atom. The largest absolute Gasteiger partial charge is 0.329 e. The van der Waals surface area contributed by atoms with Crippen LogP contribution in [-0.4, -0.2) is 4.57 Å². The van der Waals surface area contributed by atoms with Gasteiger partial charge in [0.15, 0.2) is 0 Å². The number of aryl methyl sites for hydroxylation is 1. The van der Waals surface area contributed by atoms with Gasteiger partial charge in [0.2, 0.25) is 0 Å². The summed E-state index contributed by atoms with van der Waals surface area (Å²) in [6.45, 7) is 0.715. The second-order valence-corrected chi connectivity index (χ2v) is 4.61. The molecule has 0 aliphatic carbocycles. The molecule has 0 radical (unpaired) electrons. The van der Waals surface area contributed by atoms with Gasteiger partial charge >= 0.3 is 0 Å². The smallest absolute Gasteiger partial charge is 0.128 e. The van der Waals surface area contributed by atoms with Gasteiger partial charge in [-0.15, -0.1) is 0 Å². The number of para-hydroxylation sites is 1. The van der Waals surface area contributed by atoms with Crippen LogP contribution in [0.15, 0.2) is 71.7 Å². The summed E-state index contributed by atoms with van der Waals surface area (Å²) in [4.78, 5) is 4.69. The number of nitrogens with zero attached hydrogens (tertiary/aromatic N) is 2. The third kappa shape index (κ3) is 2.43. The number of hydrogen-bond acceptors (Lipinski definition) is 1. The Morgan fingerprint density at radius 1 is 0.842 bits per heavy atom. The van der Waals surface area contributed by atoms with Crippen LogP contribution in [-0.2, 0) is 13.6 Å². The van der Waals surface area contributed by atoms with Crippen LogP contribution in [0.3, 0.4) is 0 Å². The zero-order chi connectivity index (χ0) is 13.1. The molecule has 0 spiro atoms. The van der Waals surface area contributed by atoms with Gasteiger partial charge in [-0.05, 0) is 29.1 Å². The standard InChI is InChI=1S/C17H16N2/c1-19-16-10-6-5-9-15(16)11-12-17(19)18-13-14-7-3-2-4-8-14/h2-12H,13H2,1H3. The minimum Gasteiger partial charge on any atom is -0.329 e. The van der Waals surface area contributed by atoms with Crippen molar-refractivity contribution in [2.45, 2.75) is 6.54 Å². The first-order chi connectivity index (χ1) is 9.34. The van der Waals surface area contributed by atoms with Crippen LogP contribution in [0.25, 0.3) is 10.9 Å². The fourth-order valence-corrected chi connectivity index (χ4v) is 2.25. The Hall–Kier alpha value is -2.35. The molecule has 3 rings (SSSR count). The van der Waals surface area contributed by atoms with Crippen molar-refractivity contribution in [3.05, 3.63) is 77.8 Å². The lowest BCUT2D eigenvalue weighted by Crippen LogP contribution is -2.17. The molecular formula is C17H16N2. The SMILES string of the molecule is Cn1c(=NCc2ccccc2)ccc2ccccc21. The molecule has 3 aromatic rings. The Balaban J connectivity index is 2.03. The second kappa shape index (κ2) is 5.11. The third-order valence-corrected chi connectivity index (χ3v) is 3.32. The molecule has 1 heterocycles. The van der Waals surface area contributed by atoms with Gasteiger partial charge in [-0.2, -0.15) is 0 Å². The highest BCUT2D eigenvalue weighted by atomic mass is 15.0. The van der Waals surface area contributed by atoms with Gasteiger partial charge < -0.3 is 4.57 Å². The van der Waals surface area contributed by atoms with E-state index in [1.807, 2.05) is 18.2 Å². The first-order valence-corrected chi connectivity index (χ1v) is 6.44. The van der Waals surface area contributed by atoms with Crippen LogP contribution < -0.4 is 5.49 Å². The highest BCUT2D eigenvalue weighted by molar-refractivity contribution is 5.78. The van der Waals surface area contributed by atoms with E-state index in [-0.39, 0.29) is 0 Å². The molecule has 2 heteroatoms. The number of rotatable bonds is 2. The summed E-state index contributed by atoms with van der Waals surface area (Å²) in [6.07, 6.45) is 0. The van der Waals surface area contributed by atoms with Gasteiger partial charge in [0, 0.05) is 12.6 Å². The van der Waals surface area contributed by atoms with Crippen molar-refractivity contribution in [1.29, 1.82) is 0 Å². The number of benzene rings is 2. The lowest BCUT2D eigenvalue weighted by Gasteiger charge is -2.06. The van der Waals surface area contributed by atoms with Crippen LogP contribution in [0.4, 0.5) is 0 Å². The predicted molar refractivity (Wildman–Crippen MR) is 78.6 cm³/mol. The topological polar surface area (TPSA) is 17.3 Å². The summed E-state index contributed by atoms with van der Waals surface area (Å²) < 4.78 is 2.14. The molecule has 0 saturated heterocycles. The van der Waals surface area contributed by atoms with Crippen LogP contribution in [0.2, 0.25) is 0 Å². The van der Waals surface area contributed by atoms with E-state index in [9.17, 15) is 0 Å². The highest BCUT2D eigenvalue weighted by Crippen LogP contribution is 2.09. The molecule has 0 atom stereocenters. The molecule has 0 saturated carbocycles. The number of hydrogen-bond donors (Lipinski definition) is 0. The minimum atomic E-state index is 0.715. The van der Waals surface area contributed by atoms with Crippen LogP contribution in [0.5, 0.6) is 0 Å². The summed E-state index contributed by atoms with van der Waals surface area (Å²) in [7, 11) is 2.06. The first-order valence-electron chi connectivity index (χ1n) is 6.44. The van der Waals surface area contributed by atoms with Crippen LogP contribution in [0, 0.1) is 0 Å². The second-order valence-electron chi connectivity index (χ2n) is 4.61.